The van der Waals surface area contributed by atoms with Crippen LogP contribution in [0, 0.1) is 19.7 Å². The summed E-state index contributed by atoms with van der Waals surface area (Å²) in [5, 5.41) is 0. The van der Waals surface area contributed by atoms with Crippen LogP contribution in [-0.2, 0) is 6.61 Å². The Labute approximate surface area is 122 Å². The van der Waals surface area contributed by atoms with Crippen LogP contribution in [0.3, 0.4) is 0 Å². The minimum absolute atomic E-state index is 0.0498. The normalized spacial score (nSPS) is 10.4. The lowest BCUT2D eigenvalue weighted by Gasteiger charge is -2.12. The number of nitrogens with two attached hydrogens (primary N) is 2. The van der Waals surface area contributed by atoms with Gasteiger partial charge in [-0.1, -0.05) is 12.1 Å². The van der Waals surface area contributed by atoms with Crippen molar-refractivity contribution < 1.29 is 13.9 Å². The van der Waals surface area contributed by atoms with E-state index in [9.17, 15) is 9.18 Å². The molecule has 2 rings (SSSR count). The molecule has 0 aromatic heterocycles. The van der Waals surface area contributed by atoms with E-state index in [2.05, 4.69) is 0 Å². The largest absolute Gasteiger partial charge is 0.488 e. The third-order valence-electron chi connectivity index (χ3n) is 3.28. The second-order valence-corrected chi connectivity index (χ2v) is 4.93. The van der Waals surface area contributed by atoms with Gasteiger partial charge in [-0.15, -0.1) is 0 Å². The SMILES string of the molecule is Cc1cc(C)c(OCc2ccc(C(N)=O)cc2F)cc1N. The van der Waals surface area contributed by atoms with Gasteiger partial charge < -0.3 is 16.2 Å². The molecular formula is C16H17FN2O2. The molecule has 4 nitrogen and oxygen atoms in total. The van der Waals surface area contributed by atoms with Crippen molar-refractivity contribution in [2.75, 3.05) is 5.73 Å². The topological polar surface area (TPSA) is 78.3 Å². The highest BCUT2D eigenvalue weighted by Crippen LogP contribution is 2.25. The van der Waals surface area contributed by atoms with E-state index < -0.39 is 11.7 Å². The van der Waals surface area contributed by atoms with E-state index in [-0.39, 0.29) is 12.2 Å². The van der Waals surface area contributed by atoms with Crippen LogP contribution in [0.5, 0.6) is 5.75 Å². The van der Waals surface area contributed by atoms with Gasteiger partial charge >= 0.3 is 0 Å². The van der Waals surface area contributed by atoms with E-state index in [0.717, 1.165) is 17.2 Å². The lowest BCUT2D eigenvalue weighted by molar-refractivity contribution is 0.0999. The van der Waals surface area contributed by atoms with Gasteiger partial charge in [0, 0.05) is 22.9 Å². The van der Waals surface area contributed by atoms with Crippen molar-refractivity contribution >= 4 is 11.6 Å². The number of benzene rings is 2. The molecule has 2 aromatic carbocycles. The maximum atomic E-state index is 13.8. The van der Waals surface area contributed by atoms with E-state index >= 15 is 0 Å². The molecule has 1 amide bonds. The second kappa shape index (κ2) is 5.83. The summed E-state index contributed by atoms with van der Waals surface area (Å²) in [6, 6.07) is 7.71. The smallest absolute Gasteiger partial charge is 0.248 e. The highest BCUT2D eigenvalue weighted by atomic mass is 19.1. The van der Waals surface area contributed by atoms with E-state index in [1.54, 1.807) is 6.07 Å². The molecule has 5 heteroatoms. The highest BCUT2D eigenvalue weighted by Gasteiger charge is 2.09. The molecule has 0 saturated carbocycles. The van der Waals surface area contributed by atoms with Crippen molar-refractivity contribution in [3.63, 3.8) is 0 Å². The fraction of sp³-hybridized carbons (Fsp3) is 0.188. The predicted molar refractivity (Wildman–Crippen MR) is 79.6 cm³/mol. The van der Waals surface area contributed by atoms with Crippen LogP contribution in [0.25, 0.3) is 0 Å². The summed E-state index contributed by atoms with van der Waals surface area (Å²) in [5.74, 6) is -0.580. The summed E-state index contributed by atoms with van der Waals surface area (Å²) in [4.78, 5) is 11.0. The number of carbonyl (C=O) groups is 1. The number of halogens is 1. The van der Waals surface area contributed by atoms with Gasteiger partial charge in [-0.3, -0.25) is 4.79 Å². The first-order chi connectivity index (χ1) is 9.88. The number of hydrogen-bond donors (Lipinski definition) is 2. The maximum Gasteiger partial charge on any atom is 0.248 e. The Kier molecular flexibility index (Phi) is 4.12. The second-order valence-electron chi connectivity index (χ2n) is 4.93. The Morgan fingerprint density at radius 3 is 2.52 bits per heavy atom. The molecule has 0 aliphatic rings. The molecule has 0 heterocycles. The van der Waals surface area contributed by atoms with Gasteiger partial charge in [-0.2, -0.15) is 0 Å². The predicted octanol–water partition coefficient (Wildman–Crippen LogP) is 2.70. The molecule has 0 aliphatic carbocycles. The third-order valence-corrected chi connectivity index (χ3v) is 3.28. The monoisotopic (exact) mass is 288 g/mol. The molecule has 21 heavy (non-hydrogen) atoms. The summed E-state index contributed by atoms with van der Waals surface area (Å²) in [6.07, 6.45) is 0. The molecule has 0 aliphatic heterocycles. The molecule has 0 radical (unpaired) electrons. The van der Waals surface area contributed by atoms with Gasteiger partial charge in [-0.25, -0.2) is 4.39 Å². The Bertz CT molecular complexity index is 699. The number of ether oxygens (including phenoxy) is 1. The number of amides is 1. The number of aryl methyl sites for hydroxylation is 2. The van der Waals surface area contributed by atoms with Crippen molar-refractivity contribution in [1.82, 2.24) is 0 Å². The van der Waals surface area contributed by atoms with Crippen LogP contribution in [0.15, 0.2) is 30.3 Å². The van der Waals surface area contributed by atoms with E-state index in [1.807, 2.05) is 19.9 Å². The van der Waals surface area contributed by atoms with Crippen LogP contribution in [0.2, 0.25) is 0 Å². The lowest BCUT2D eigenvalue weighted by Crippen LogP contribution is -2.12. The summed E-state index contributed by atoms with van der Waals surface area (Å²) < 4.78 is 19.4. The lowest BCUT2D eigenvalue weighted by atomic mass is 10.1. The quantitative estimate of drug-likeness (QED) is 0.849. The van der Waals surface area contributed by atoms with Gasteiger partial charge in [0.1, 0.15) is 18.2 Å². The molecule has 0 spiro atoms. The molecule has 0 fully saturated rings. The molecule has 0 bridgehead atoms. The first-order valence-corrected chi connectivity index (χ1v) is 6.46. The van der Waals surface area contributed by atoms with E-state index in [0.29, 0.717) is 17.0 Å². The number of anilines is 1. The molecule has 2 aromatic rings. The highest BCUT2D eigenvalue weighted by molar-refractivity contribution is 5.92. The minimum atomic E-state index is -0.663. The number of rotatable bonds is 4. The number of hydrogen-bond acceptors (Lipinski definition) is 3. The van der Waals surface area contributed by atoms with Crippen molar-refractivity contribution in [3.8, 4) is 5.75 Å². The van der Waals surface area contributed by atoms with Crippen LogP contribution in [-0.4, -0.2) is 5.91 Å². The summed E-state index contributed by atoms with van der Waals surface area (Å²) >= 11 is 0. The van der Waals surface area contributed by atoms with Crippen LogP contribution >= 0.6 is 0 Å². The zero-order valence-corrected chi connectivity index (χ0v) is 11.9. The summed E-state index contributed by atoms with van der Waals surface area (Å²) in [5.41, 5.74) is 13.9. The Morgan fingerprint density at radius 2 is 1.90 bits per heavy atom. The van der Waals surface area contributed by atoms with Crippen molar-refractivity contribution in [1.29, 1.82) is 0 Å². The van der Waals surface area contributed by atoms with Crippen molar-refractivity contribution in [2.24, 2.45) is 5.73 Å². The standard InChI is InChI=1S/C16H17FN2O2/c1-9-5-10(2)15(7-14(9)18)21-8-12-4-3-11(16(19)20)6-13(12)17/h3-7H,8,18H2,1-2H3,(H2,19,20). The Balaban J connectivity index is 2.17. The molecule has 4 N–H and O–H groups in total. The van der Waals surface area contributed by atoms with Gasteiger partial charge in [0.05, 0.1) is 0 Å². The van der Waals surface area contributed by atoms with Gasteiger partial charge in [0.25, 0.3) is 0 Å². The Hall–Kier alpha value is -2.56. The first kappa shape index (κ1) is 14.8. The average molecular weight is 288 g/mol. The number of nitrogen functional groups attached to an aromatic ring is 1. The molecule has 110 valence electrons. The number of carbonyl (C=O) groups excluding carboxylic acids is 1. The van der Waals surface area contributed by atoms with Gasteiger partial charge in [0.2, 0.25) is 5.91 Å². The van der Waals surface area contributed by atoms with E-state index in [1.165, 1.54) is 12.1 Å². The summed E-state index contributed by atoms with van der Waals surface area (Å²) in [7, 11) is 0. The van der Waals surface area contributed by atoms with Crippen LogP contribution in [0.4, 0.5) is 10.1 Å². The average Bonchev–Trinajstić information content (AvgIpc) is 2.42. The maximum absolute atomic E-state index is 13.8. The first-order valence-electron chi connectivity index (χ1n) is 6.46. The van der Waals surface area contributed by atoms with Crippen molar-refractivity contribution in [2.45, 2.75) is 20.5 Å². The van der Waals surface area contributed by atoms with Gasteiger partial charge in [0.15, 0.2) is 0 Å². The minimum Gasteiger partial charge on any atom is -0.488 e. The third kappa shape index (κ3) is 3.31. The fourth-order valence-corrected chi connectivity index (χ4v) is 1.98. The van der Waals surface area contributed by atoms with Crippen LogP contribution < -0.4 is 16.2 Å². The summed E-state index contributed by atoms with van der Waals surface area (Å²) in [6.45, 7) is 3.86. The zero-order valence-electron chi connectivity index (χ0n) is 11.9. The fourth-order valence-electron chi connectivity index (χ4n) is 1.98. The zero-order chi connectivity index (χ0) is 15.6. The molecule has 0 unspecified atom stereocenters. The molecule has 0 atom stereocenters. The van der Waals surface area contributed by atoms with Crippen LogP contribution in [0.1, 0.15) is 27.0 Å². The van der Waals surface area contributed by atoms with Gasteiger partial charge in [-0.05, 0) is 37.1 Å². The van der Waals surface area contributed by atoms with Crippen molar-refractivity contribution in [3.05, 3.63) is 58.4 Å². The van der Waals surface area contributed by atoms with E-state index in [4.69, 9.17) is 16.2 Å². The molecular weight excluding hydrogens is 271 g/mol. The molecule has 0 saturated heterocycles. The Morgan fingerprint density at radius 1 is 1.19 bits per heavy atom. The number of primary amides is 1.